The minimum atomic E-state index is -0.228. The molecule has 0 radical (unpaired) electrons. The highest BCUT2D eigenvalue weighted by molar-refractivity contribution is 7.19. The van der Waals surface area contributed by atoms with Crippen molar-refractivity contribution < 1.29 is 14.2 Å². The van der Waals surface area contributed by atoms with E-state index in [9.17, 15) is 4.79 Å². The maximum Gasteiger partial charge on any atom is 0.294 e. The van der Waals surface area contributed by atoms with Gasteiger partial charge in [-0.25, -0.2) is 9.67 Å². The molecule has 2 aromatic heterocycles. The molecule has 0 fully saturated rings. The van der Waals surface area contributed by atoms with Crippen LogP contribution in [0.2, 0.25) is 0 Å². The summed E-state index contributed by atoms with van der Waals surface area (Å²) >= 11 is 1.47. The molecule has 4 aromatic rings. The first-order valence-electron chi connectivity index (χ1n) is 9.27. The van der Waals surface area contributed by atoms with Crippen molar-refractivity contribution in [3.05, 3.63) is 63.4 Å². The van der Waals surface area contributed by atoms with Crippen molar-refractivity contribution in [1.29, 1.82) is 0 Å². The van der Waals surface area contributed by atoms with E-state index >= 15 is 0 Å². The van der Waals surface area contributed by atoms with Crippen LogP contribution in [-0.4, -0.2) is 36.1 Å². The second-order valence-corrected chi connectivity index (χ2v) is 7.87. The Kier molecular flexibility index (Phi) is 5.41. The number of aromatic nitrogens is 3. The Morgan fingerprint density at radius 3 is 2.17 bits per heavy atom. The Hall–Kier alpha value is -3.39. The number of hydrogen-bond acceptors (Lipinski definition) is 7. The van der Waals surface area contributed by atoms with E-state index in [1.807, 2.05) is 43.3 Å². The Morgan fingerprint density at radius 1 is 0.933 bits per heavy atom. The van der Waals surface area contributed by atoms with Gasteiger partial charge in [0, 0.05) is 11.6 Å². The highest BCUT2D eigenvalue weighted by Gasteiger charge is 2.17. The Labute approximate surface area is 177 Å². The van der Waals surface area contributed by atoms with Crippen molar-refractivity contribution in [2.75, 3.05) is 21.3 Å². The Morgan fingerprint density at radius 2 is 1.57 bits per heavy atom. The van der Waals surface area contributed by atoms with Gasteiger partial charge in [-0.2, -0.15) is 5.10 Å². The molecule has 8 heteroatoms. The zero-order valence-corrected chi connectivity index (χ0v) is 17.9. The van der Waals surface area contributed by atoms with Crippen molar-refractivity contribution in [2.24, 2.45) is 0 Å². The largest absolute Gasteiger partial charge is 0.497 e. The maximum atomic E-state index is 13.1. The number of ether oxygens (including phenoxy) is 3. The summed E-state index contributed by atoms with van der Waals surface area (Å²) in [6.45, 7) is 2.15. The van der Waals surface area contributed by atoms with Crippen molar-refractivity contribution in [3.63, 3.8) is 0 Å². The van der Waals surface area contributed by atoms with Crippen LogP contribution in [0.3, 0.4) is 0 Å². The number of hydrogen-bond donors (Lipinski definition) is 0. The molecule has 0 spiro atoms. The summed E-state index contributed by atoms with van der Waals surface area (Å²) in [6, 6.07) is 13.1. The first kappa shape index (κ1) is 19.9. The molecule has 0 aliphatic rings. The SMILES string of the molecule is COc1ccc(-c2nn(Cc3cc(OC)cc(OC)c3)c(=O)c3nc(C)sc23)cc1. The number of thiazole rings is 1. The van der Waals surface area contributed by atoms with Crippen LogP contribution >= 0.6 is 11.3 Å². The zero-order valence-electron chi connectivity index (χ0n) is 17.1. The second kappa shape index (κ2) is 8.16. The van der Waals surface area contributed by atoms with Crippen molar-refractivity contribution in [2.45, 2.75) is 13.5 Å². The smallest absolute Gasteiger partial charge is 0.294 e. The quantitative estimate of drug-likeness (QED) is 0.468. The molecule has 0 saturated carbocycles. The van der Waals surface area contributed by atoms with Crippen molar-refractivity contribution >= 4 is 21.6 Å². The third-order valence-electron chi connectivity index (χ3n) is 4.71. The van der Waals surface area contributed by atoms with E-state index in [2.05, 4.69) is 4.98 Å². The van der Waals surface area contributed by atoms with Gasteiger partial charge < -0.3 is 14.2 Å². The summed E-state index contributed by atoms with van der Waals surface area (Å²) in [7, 11) is 4.81. The summed E-state index contributed by atoms with van der Waals surface area (Å²) in [4.78, 5) is 17.6. The summed E-state index contributed by atoms with van der Waals surface area (Å²) in [5.41, 5.74) is 2.64. The third kappa shape index (κ3) is 3.73. The summed E-state index contributed by atoms with van der Waals surface area (Å²) < 4.78 is 18.2. The molecule has 0 atom stereocenters. The fraction of sp³-hybridized carbons (Fsp3) is 0.227. The van der Waals surface area contributed by atoms with Gasteiger partial charge in [0.2, 0.25) is 0 Å². The third-order valence-corrected chi connectivity index (χ3v) is 5.69. The molecule has 0 bridgehead atoms. The molecular formula is C22H21N3O4S. The van der Waals surface area contributed by atoms with E-state index in [0.29, 0.717) is 22.7 Å². The molecule has 0 amide bonds. The summed E-state index contributed by atoms with van der Waals surface area (Å²) in [6.07, 6.45) is 0. The first-order chi connectivity index (χ1) is 14.5. The number of nitrogens with zero attached hydrogens (tertiary/aromatic N) is 3. The van der Waals surface area contributed by atoms with Gasteiger partial charge in [0.1, 0.15) is 22.9 Å². The van der Waals surface area contributed by atoms with Crippen molar-refractivity contribution in [1.82, 2.24) is 14.8 Å². The lowest BCUT2D eigenvalue weighted by Gasteiger charge is -2.11. The number of fused-ring (bicyclic) bond motifs is 1. The van der Waals surface area contributed by atoms with Crippen LogP contribution in [0.1, 0.15) is 10.6 Å². The van der Waals surface area contributed by atoms with Gasteiger partial charge in [0.25, 0.3) is 5.56 Å². The molecule has 0 unspecified atom stereocenters. The van der Waals surface area contributed by atoms with Crippen LogP contribution in [-0.2, 0) is 6.54 Å². The Bertz CT molecular complexity index is 1240. The number of methoxy groups -OCH3 is 3. The molecule has 0 aliphatic heterocycles. The number of rotatable bonds is 6. The lowest BCUT2D eigenvalue weighted by atomic mass is 10.1. The molecule has 7 nitrogen and oxygen atoms in total. The van der Waals surface area contributed by atoms with Gasteiger partial charge in [-0.05, 0) is 48.9 Å². The van der Waals surface area contributed by atoms with E-state index in [1.54, 1.807) is 27.4 Å². The lowest BCUT2D eigenvalue weighted by molar-refractivity contribution is 0.393. The fourth-order valence-electron chi connectivity index (χ4n) is 3.24. The minimum absolute atomic E-state index is 0.228. The van der Waals surface area contributed by atoms with Gasteiger partial charge >= 0.3 is 0 Å². The van der Waals surface area contributed by atoms with E-state index in [-0.39, 0.29) is 12.1 Å². The van der Waals surface area contributed by atoms with E-state index in [0.717, 1.165) is 26.6 Å². The topological polar surface area (TPSA) is 75.5 Å². The molecule has 154 valence electrons. The van der Waals surface area contributed by atoms with Crippen LogP contribution in [0.25, 0.3) is 21.5 Å². The second-order valence-electron chi connectivity index (χ2n) is 6.67. The molecule has 0 N–H and O–H groups in total. The average molecular weight is 423 g/mol. The van der Waals surface area contributed by atoms with Crippen LogP contribution in [0, 0.1) is 6.92 Å². The number of aryl methyl sites for hydroxylation is 1. The molecule has 0 aliphatic carbocycles. The number of benzene rings is 2. The van der Waals surface area contributed by atoms with Gasteiger partial charge in [0.15, 0.2) is 5.52 Å². The van der Waals surface area contributed by atoms with Gasteiger partial charge in [-0.15, -0.1) is 11.3 Å². The normalized spacial score (nSPS) is 10.9. The van der Waals surface area contributed by atoms with Crippen LogP contribution < -0.4 is 19.8 Å². The van der Waals surface area contributed by atoms with E-state index < -0.39 is 0 Å². The molecule has 0 saturated heterocycles. The Balaban J connectivity index is 1.86. The van der Waals surface area contributed by atoms with Gasteiger partial charge in [0.05, 0.1) is 37.6 Å². The van der Waals surface area contributed by atoms with Crippen LogP contribution in [0.15, 0.2) is 47.3 Å². The standard InChI is InChI=1S/C22H21N3O4S/c1-13-23-20-21(30-13)19(15-5-7-16(27-2)8-6-15)24-25(22(20)26)12-14-9-17(28-3)11-18(10-14)29-4/h5-11H,12H2,1-4H3. The molecule has 4 rings (SSSR count). The molecule has 30 heavy (non-hydrogen) atoms. The highest BCUT2D eigenvalue weighted by atomic mass is 32.1. The van der Waals surface area contributed by atoms with Gasteiger partial charge in [-0.3, -0.25) is 4.79 Å². The average Bonchev–Trinajstić information content (AvgIpc) is 3.17. The van der Waals surface area contributed by atoms with Crippen LogP contribution in [0.5, 0.6) is 17.2 Å². The fourth-order valence-corrected chi connectivity index (χ4v) is 4.16. The van der Waals surface area contributed by atoms with Crippen molar-refractivity contribution in [3.8, 4) is 28.5 Å². The summed E-state index contributed by atoms with van der Waals surface area (Å²) in [5.74, 6) is 2.06. The minimum Gasteiger partial charge on any atom is -0.497 e. The van der Waals surface area contributed by atoms with Crippen LogP contribution in [0.4, 0.5) is 0 Å². The lowest BCUT2D eigenvalue weighted by Crippen LogP contribution is -2.24. The molecule has 2 aromatic carbocycles. The predicted molar refractivity (Wildman–Crippen MR) is 117 cm³/mol. The predicted octanol–water partition coefficient (Wildman–Crippen LogP) is 3.90. The van der Waals surface area contributed by atoms with E-state index in [1.165, 1.54) is 16.0 Å². The maximum absolute atomic E-state index is 13.1. The first-order valence-corrected chi connectivity index (χ1v) is 10.1. The zero-order chi connectivity index (χ0) is 21.3. The molecular weight excluding hydrogens is 402 g/mol. The van der Waals surface area contributed by atoms with E-state index in [4.69, 9.17) is 19.3 Å². The molecule has 2 heterocycles. The monoisotopic (exact) mass is 423 g/mol. The highest BCUT2D eigenvalue weighted by Crippen LogP contribution is 2.31. The van der Waals surface area contributed by atoms with Gasteiger partial charge in [-0.1, -0.05) is 0 Å². The summed E-state index contributed by atoms with van der Waals surface area (Å²) in [5, 5.41) is 5.52.